The minimum Gasteiger partial charge on any atom is -0.508 e. The second kappa shape index (κ2) is 6.14. The Morgan fingerprint density at radius 1 is 1.24 bits per heavy atom. The molecule has 110 valence electrons. The van der Waals surface area contributed by atoms with Crippen LogP contribution in [0.4, 0.5) is 4.39 Å². The number of nitrogens with zero attached hydrogens (tertiary/aromatic N) is 1. The molecule has 2 rings (SSSR count). The van der Waals surface area contributed by atoms with Crippen molar-refractivity contribution in [2.24, 2.45) is 0 Å². The normalized spacial score (nSPS) is 12.0. The van der Waals surface area contributed by atoms with E-state index in [-0.39, 0.29) is 16.3 Å². The topological polar surface area (TPSA) is 40.5 Å². The number of phenolic OH excluding ortho intramolecular Hbond substituents is 1. The Hall–Kier alpha value is -2.07. The first kappa shape index (κ1) is 15.3. The summed E-state index contributed by atoms with van der Waals surface area (Å²) in [6, 6.07) is 10.4. The molecule has 0 saturated carbocycles. The van der Waals surface area contributed by atoms with E-state index in [1.165, 1.54) is 23.1 Å². The average molecular weight is 308 g/mol. The van der Waals surface area contributed by atoms with Gasteiger partial charge < -0.3 is 10.0 Å². The second-order valence-electron chi connectivity index (χ2n) is 4.75. The minimum absolute atomic E-state index is 0.0660. The van der Waals surface area contributed by atoms with E-state index in [1.807, 2.05) is 0 Å². The molecule has 1 N–H and O–H groups in total. The van der Waals surface area contributed by atoms with Gasteiger partial charge in [-0.05, 0) is 25.1 Å². The molecule has 0 heterocycles. The smallest absolute Gasteiger partial charge is 0.258 e. The Kier molecular flexibility index (Phi) is 4.48. The van der Waals surface area contributed by atoms with Crippen LogP contribution in [0.1, 0.15) is 28.9 Å². The molecule has 0 fully saturated rings. The van der Waals surface area contributed by atoms with Crippen molar-refractivity contribution >= 4 is 17.5 Å². The molecule has 2 aromatic rings. The summed E-state index contributed by atoms with van der Waals surface area (Å²) >= 11 is 5.91. The van der Waals surface area contributed by atoms with E-state index in [1.54, 1.807) is 38.2 Å². The summed E-state index contributed by atoms with van der Waals surface area (Å²) in [4.78, 5) is 13.8. The number of hydrogen-bond acceptors (Lipinski definition) is 2. The van der Waals surface area contributed by atoms with Crippen LogP contribution in [0, 0.1) is 5.82 Å². The Labute approximate surface area is 127 Å². The SMILES string of the molecule is CC(c1ccccc1O)N(C)C(=O)c1c(F)cccc1Cl. The Balaban J connectivity index is 2.34. The van der Waals surface area contributed by atoms with E-state index in [2.05, 4.69) is 0 Å². The van der Waals surface area contributed by atoms with E-state index >= 15 is 0 Å². The third-order valence-corrected chi connectivity index (χ3v) is 3.78. The second-order valence-corrected chi connectivity index (χ2v) is 5.15. The molecular weight excluding hydrogens is 293 g/mol. The first-order chi connectivity index (χ1) is 9.93. The molecule has 21 heavy (non-hydrogen) atoms. The summed E-state index contributed by atoms with van der Waals surface area (Å²) < 4.78 is 13.8. The van der Waals surface area contributed by atoms with Gasteiger partial charge in [-0.2, -0.15) is 0 Å². The number of phenols is 1. The lowest BCUT2D eigenvalue weighted by Gasteiger charge is -2.26. The number of benzene rings is 2. The number of hydrogen-bond donors (Lipinski definition) is 1. The molecule has 0 spiro atoms. The van der Waals surface area contributed by atoms with Gasteiger partial charge in [-0.25, -0.2) is 4.39 Å². The van der Waals surface area contributed by atoms with E-state index in [0.29, 0.717) is 5.56 Å². The Bertz CT molecular complexity index is 655. The lowest BCUT2D eigenvalue weighted by Crippen LogP contribution is -2.30. The predicted octanol–water partition coefficient (Wildman–Crippen LogP) is 4.02. The zero-order valence-corrected chi connectivity index (χ0v) is 12.4. The Morgan fingerprint density at radius 2 is 1.90 bits per heavy atom. The predicted molar refractivity (Wildman–Crippen MR) is 80.0 cm³/mol. The largest absolute Gasteiger partial charge is 0.508 e. The van der Waals surface area contributed by atoms with Gasteiger partial charge in [-0.3, -0.25) is 4.79 Å². The van der Waals surface area contributed by atoms with Crippen molar-refractivity contribution in [3.63, 3.8) is 0 Å². The molecular formula is C16H15ClFNO2. The van der Waals surface area contributed by atoms with E-state index in [9.17, 15) is 14.3 Å². The molecule has 1 unspecified atom stereocenters. The van der Waals surface area contributed by atoms with Gasteiger partial charge in [0, 0.05) is 12.6 Å². The summed E-state index contributed by atoms with van der Waals surface area (Å²) in [5, 5.41) is 9.92. The van der Waals surface area contributed by atoms with Gasteiger partial charge in [-0.1, -0.05) is 35.9 Å². The fourth-order valence-corrected chi connectivity index (χ4v) is 2.35. The molecule has 0 saturated heterocycles. The molecule has 0 aromatic heterocycles. The van der Waals surface area contributed by atoms with Crippen molar-refractivity contribution in [1.29, 1.82) is 0 Å². The summed E-state index contributed by atoms with van der Waals surface area (Å²) in [5.41, 5.74) is 0.421. The zero-order valence-electron chi connectivity index (χ0n) is 11.7. The van der Waals surface area contributed by atoms with Gasteiger partial charge >= 0.3 is 0 Å². The number of para-hydroxylation sites is 1. The molecule has 0 aliphatic carbocycles. The molecule has 0 bridgehead atoms. The van der Waals surface area contributed by atoms with Crippen LogP contribution in [0.15, 0.2) is 42.5 Å². The maximum atomic E-state index is 13.8. The maximum Gasteiger partial charge on any atom is 0.258 e. The van der Waals surface area contributed by atoms with Crippen LogP contribution in [0.5, 0.6) is 5.75 Å². The van der Waals surface area contributed by atoms with Crippen LogP contribution in [-0.4, -0.2) is 23.0 Å². The van der Waals surface area contributed by atoms with Gasteiger partial charge in [0.25, 0.3) is 5.91 Å². The van der Waals surface area contributed by atoms with Gasteiger partial charge in [0.2, 0.25) is 0 Å². The number of amides is 1. The van der Waals surface area contributed by atoms with Crippen LogP contribution >= 0.6 is 11.6 Å². The summed E-state index contributed by atoms with van der Waals surface area (Å²) in [7, 11) is 1.54. The fraction of sp³-hybridized carbons (Fsp3) is 0.188. The number of rotatable bonds is 3. The van der Waals surface area contributed by atoms with Gasteiger partial charge in [-0.15, -0.1) is 0 Å². The van der Waals surface area contributed by atoms with Crippen LogP contribution in [0.3, 0.4) is 0 Å². The zero-order chi connectivity index (χ0) is 15.6. The van der Waals surface area contributed by atoms with E-state index in [4.69, 9.17) is 11.6 Å². The van der Waals surface area contributed by atoms with Crippen molar-refractivity contribution in [3.05, 3.63) is 64.4 Å². The lowest BCUT2D eigenvalue weighted by molar-refractivity contribution is 0.0737. The maximum absolute atomic E-state index is 13.8. The van der Waals surface area contributed by atoms with Crippen molar-refractivity contribution in [1.82, 2.24) is 4.90 Å². The molecule has 0 aliphatic heterocycles. The highest BCUT2D eigenvalue weighted by molar-refractivity contribution is 6.33. The fourth-order valence-electron chi connectivity index (χ4n) is 2.10. The molecule has 5 heteroatoms. The highest BCUT2D eigenvalue weighted by Crippen LogP contribution is 2.29. The number of carbonyl (C=O) groups excluding carboxylic acids is 1. The average Bonchev–Trinajstić information content (AvgIpc) is 2.46. The summed E-state index contributed by atoms with van der Waals surface area (Å²) in [6.45, 7) is 1.75. The lowest BCUT2D eigenvalue weighted by atomic mass is 10.0. The first-order valence-electron chi connectivity index (χ1n) is 6.42. The summed E-state index contributed by atoms with van der Waals surface area (Å²) in [5.74, 6) is -1.11. The minimum atomic E-state index is -0.663. The number of halogens is 2. The van der Waals surface area contributed by atoms with Crippen LogP contribution < -0.4 is 0 Å². The number of carbonyl (C=O) groups is 1. The monoisotopic (exact) mass is 307 g/mol. The van der Waals surface area contributed by atoms with Crippen molar-refractivity contribution in [3.8, 4) is 5.75 Å². The summed E-state index contributed by atoms with van der Waals surface area (Å²) in [6.07, 6.45) is 0. The van der Waals surface area contributed by atoms with Crippen LogP contribution in [-0.2, 0) is 0 Å². The third kappa shape index (κ3) is 3.00. The highest BCUT2D eigenvalue weighted by Gasteiger charge is 2.24. The highest BCUT2D eigenvalue weighted by atomic mass is 35.5. The Morgan fingerprint density at radius 3 is 2.52 bits per heavy atom. The van der Waals surface area contributed by atoms with Crippen molar-refractivity contribution in [2.45, 2.75) is 13.0 Å². The quantitative estimate of drug-likeness (QED) is 0.930. The molecule has 2 aromatic carbocycles. The van der Waals surface area contributed by atoms with E-state index in [0.717, 1.165) is 0 Å². The third-order valence-electron chi connectivity index (χ3n) is 3.46. The molecule has 3 nitrogen and oxygen atoms in total. The van der Waals surface area contributed by atoms with Crippen molar-refractivity contribution < 1.29 is 14.3 Å². The van der Waals surface area contributed by atoms with E-state index < -0.39 is 17.8 Å². The van der Waals surface area contributed by atoms with Gasteiger partial charge in [0.1, 0.15) is 11.6 Å². The van der Waals surface area contributed by atoms with Gasteiger partial charge in [0.15, 0.2) is 0 Å². The number of aromatic hydroxyl groups is 1. The molecule has 1 atom stereocenters. The molecule has 1 amide bonds. The standard InChI is InChI=1S/C16H15ClFNO2/c1-10(11-6-3-4-9-14(11)20)19(2)16(21)15-12(17)7-5-8-13(15)18/h3-10,20H,1-2H3. The van der Waals surface area contributed by atoms with Crippen LogP contribution in [0.25, 0.3) is 0 Å². The molecule has 0 radical (unpaired) electrons. The van der Waals surface area contributed by atoms with Gasteiger partial charge in [0.05, 0.1) is 16.6 Å². The molecule has 0 aliphatic rings. The van der Waals surface area contributed by atoms with Crippen LogP contribution in [0.2, 0.25) is 5.02 Å². The van der Waals surface area contributed by atoms with Crippen molar-refractivity contribution in [2.75, 3.05) is 7.05 Å². The first-order valence-corrected chi connectivity index (χ1v) is 6.80.